The number of halogens is 2. The van der Waals surface area contributed by atoms with Crippen LogP contribution in [0.4, 0.5) is 8.78 Å². The highest BCUT2D eigenvalue weighted by atomic mass is 19.1. The predicted octanol–water partition coefficient (Wildman–Crippen LogP) is 2.48. The van der Waals surface area contributed by atoms with Crippen molar-refractivity contribution in [2.45, 2.75) is 13.0 Å². The Balaban J connectivity index is 5.30. The molecule has 0 saturated heterocycles. The minimum absolute atomic E-state index is 0.502. The summed E-state index contributed by atoms with van der Waals surface area (Å²) in [5.41, 5.74) is -0.505. The predicted molar refractivity (Wildman–Crippen MR) is 50.1 cm³/mol. The molecule has 14 heavy (non-hydrogen) atoms. The number of ketones is 1. The molecule has 0 heterocycles. The molecule has 0 bridgehead atoms. The number of methoxy groups -OCH3 is 1. The first kappa shape index (κ1) is 12.7. The van der Waals surface area contributed by atoms with E-state index in [0.29, 0.717) is 0 Å². The first-order valence-electron chi connectivity index (χ1n) is 3.85. The maximum absolute atomic E-state index is 13.1. The highest BCUT2D eigenvalue weighted by Crippen LogP contribution is 2.22. The highest BCUT2D eigenvalue weighted by Gasteiger charge is 2.24. The topological polar surface area (TPSA) is 26.3 Å². The second-order valence-electron chi connectivity index (χ2n) is 2.60. The summed E-state index contributed by atoms with van der Waals surface area (Å²) in [5.74, 6) is -2.48. The van der Waals surface area contributed by atoms with Crippen molar-refractivity contribution in [1.82, 2.24) is 0 Å². The number of rotatable bonds is 5. The molecule has 0 aliphatic carbocycles. The molecule has 0 rings (SSSR count). The van der Waals surface area contributed by atoms with Gasteiger partial charge in [0.05, 0.1) is 5.57 Å². The molecular weight excluding hydrogens is 190 g/mol. The number of carbonyl (C=O) groups is 1. The minimum Gasteiger partial charge on any atom is -0.369 e. The van der Waals surface area contributed by atoms with Crippen LogP contribution < -0.4 is 0 Å². The van der Waals surface area contributed by atoms with E-state index in [9.17, 15) is 13.6 Å². The summed E-state index contributed by atoms with van der Waals surface area (Å²) in [6, 6.07) is 0. The summed E-state index contributed by atoms with van der Waals surface area (Å²) in [4.78, 5) is 11.0. The standard InChI is InChI=1S/C10H12F2O2/c1-5-8(12)9(6(2)11)10(14-4)7(3)13/h5,10H,1-2H2,3-4H3/b9-8-. The average Bonchev–Trinajstić information content (AvgIpc) is 2.11. The summed E-state index contributed by atoms with van der Waals surface area (Å²) in [6.45, 7) is 7.24. The van der Waals surface area contributed by atoms with Crippen molar-refractivity contribution in [3.05, 3.63) is 36.5 Å². The third-order valence-electron chi connectivity index (χ3n) is 1.60. The van der Waals surface area contributed by atoms with Crippen LogP contribution in [0.25, 0.3) is 0 Å². The number of hydrogen-bond acceptors (Lipinski definition) is 2. The molecule has 0 N–H and O–H groups in total. The van der Waals surface area contributed by atoms with Crippen molar-refractivity contribution in [2.24, 2.45) is 0 Å². The second-order valence-corrected chi connectivity index (χ2v) is 2.60. The Bertz CT molecular complexity index is 292. The van der Waals surface area contributed by atoms with Crippen molar-refractivity contribution in [3.63, 3.8) is 0 Å². The fourth-order valence-electron chi connectivity index (χ4n) is 0.994. The van der Waals surface area contributed by atoms with Gasteiger partial charge in [0.15, 0.2) is 5.78 Å². The van der Waals surface area contributed by atoms with Gasteiger partial charge in [-0.15, -0.1) is 0 Å². The summed E-state index contributed by atoms with van der Waals surface area (Å²) in [5, 5.41) is 0. The lowest BCUT2D eigenvalue weighted by atomic mass is 10.0. The number of Topliss-reactive ketones (excluding diaryl/α,β-unsaturated/α-hetero) is 1. The van der Waals surface area contributed by atoms with E-state index in [0.717, 1.165) is 6.08 Å². The van der Waals surface area contributed by atoms with Gasteiger partial charge in [-0.2, -0.15) is 0 Å². The van der Waals surface area contributed by atoms with Crippen molar-refractivity contribution < 1.29 is 18.3 Å². The Morgan fingerprint density at radius 1 is 1.50 bits per heavy atom. The van der Waals surface area contributed by atoms with Gasteiger partial charge < -0.3 is 4.74 Å². The lowest BCUT2D eigenvalue weighted by molar-refractivity contribution is -0.124. The molecular formula is C10H12F2O2. The fraction of sp³-hybridized carbons (Fsp3) is 0.300. The van der Waals surface area contributed by atoms with Crippen LogP contribution in [0.5, 0.6) is 0 Å². The van der Waals surface area contributed by atoms with Crippen LogP contribution in [-0.2, 0) is 9.53 Å². The van der Waals surface area contributed by atoms with E-state index in [2.05, 4.69) is 17.9 Å². The zero-order valence-electron chi connectivity index (χ0n) is 8.14. The van der Waals surface area contributed by atoms with Crippen LogP contribution in [0, 0.1) is 0 Å². The molecule has 0 aromatic carbocycles. The maximum atomic E-state index is 13.1. The number of ether oxygens (including phenoxy) is 1. The van der Waals surface area contributed by atoms with Gasteiger partial charge in [-0.3, -0.25) is 4.79 Å². The molecule has 0 aliphatic heterocycles. The van der Waals surface area contributed by atoms with Crippen LogP contribution in [0.15, 0.2) is 36.5 Å². The van der Waals surface area contributed by atoms with E-state index >= 15 is 0 Å². The smallest absolute Gasteiger partial charge is 0.163 e. The Hall–Kier alpha value is -1.29. The molecule has 0 aliphatic rings. The highest BCUT2D eigenvalue weighted by molar-refractivity contribution is 5.85. The van der Waals surface area contributed by atoms with Crippen LogP contribution in [-0.4, -0.2) is 19.0 Å². The first-order valence-corrected chi connectivity index (χ1v) is 3.85. The van der Waals surface area contributed by atoms with E-state index in [1.54, 1.807) is 0 Å². The van der Waals surface area contributed by atoms with Gasteiger partial charge >= 0.3 is 0 Å². The van der Waals surface area contributed by atoms with Gasteiger partial charge in [-0.1, -0.05) is 13.2 Å². The third-order valence-corrected chi connectivity index (χ3v) is 1.60. The number of carbonyl (C=O) groups excluding carboxylic acids is 1. The normalized spacial score (nSPS) is 14.3. The second kappa shape index (κ2) is 5.44. The first-order chi connectivity index (χ1) is 6.45. The van der Waals surface area contributed by atoms with Crippen molar-refractivity contribution in [1.29, 1.82) is 0 Å². The maximum Gasteiger partial charge on any atom is 0.163 e. The average molecular weight is 202 g/mol. The summed E-state index contributed by atoms with van der Waals surface area (Å²) >= 11 is 0. The van der Waals surface area contributed by atoms with Crippen LogP contribution in [0.2, 0.25) is 0 Å². The number of allylic oxidation sites excluding steroid dienone is 2. The van der Waals surface area contributed by atoms with E-state index in [1.807, 2.05) is 0 Å². The van der Waals surface area contributed by atoms with Crippen LogP contribution in [0.3, 0.4) is 0 Å². The molecule has 2 nitrogen and oxygen atoms in total. The van der Waals surface area contributed by atoms with Gasteiger partial charge in [0, 0.05) is 7.11 Å². The molecule has 0 aromatic rings. The quantitative estimate of drug-likeness (QED) is 0.640. The molecule has 0 spiro atoms. The van der Waals surface area contributed by atoms with Crippen molar-refractivity contribution in [2.75, 3.05) is 7.11 Å². The summed E-state index contributed by atoms with van der Waals surface area (Å²) in [7, 11) is 1.19. The van der Waals surface area contributed by atoms with E-state index in [-0.39, 0.29) is 0 Å². The zero-order chi connectivity index (χ0) is 11.3. The minimum atomic E-state index is -1.27. The van der Waals surface area contributed by atoms with E-state index in [1.165, 1.54) is 14.0 Å². The summed E-state index contributed by atoms with van der Waals surface area (Å²) in [6.07, 6.45) is -0.472. The van der Waals surface area contributed by atoms with Gasteiger partial charge in [0.1, 0.15) is 17.8 Å². The van der Waals surface area contributed by atoms with Crippen molar-refractivity contribution >= 4 is 5.78 Å². The zero-order valence-corrected chi connectivity index (χ0v) is 8.14. The molecule has 4 heteroatoms. The molecule has 0 radical (unpaired) electrons. The molecule has 0 amide bonds. The fourth-order valence-corrected chi connectivity index (χ4v) is 0.994. The largest absolute Gasteiger partial charge is 0.369 e. The third kappa shape index (κ3) is 2.88. The van der Waals surface area contributed by atoms with Gasteiger partial charge in [-0.25, -0.2) is 8.78 Å². The van der Waals surface area contributed by atoms with Crippen LogP contribution >= 0.6 is 0 Å². The lowest BCUT2D eigenvalue weighted by Crippen LogP contribution is -2.23. The Morgan fingerprint density at radius 2 is 2.00 bits per heavy atom. The summed E-state index contributed by atoms with van der Waals surface area (Å²) < 4.78 is 30.6. The molecule has 1 unspecified atom stereocenters. The van der Waals surface area contributed by atoms with Gasteiger partial charge in [-0.05, 0) is 13.0 Å². The lowest BCUT2D eigenvalue weighted by Gasteiger charge is -2.14. The van der Waals surface area contributed by atoms with Gasteiger partial charge in [0.2, 0.25) is 0 Å². The monoisotopic (exact) mass is 202 g/mol. The number of hydrogen-bond donors (Lipinski definition) is 0. The molecule has 0 saturated carbocycles. The molecule has 1 atom stereocenters. The molecule has 0 fully saturated rings. The Labute approximate surface area is 81.6 Å². The van der Waals surface area contributed by atoms with E-state index < -0.39 is 29.1 Å². The Morgan fingerprint density at radius 3 is 2.21 bits per heavy atom. The van der Waals surface area contributed by atoms with E-state index in [4.69, 9.17) is 0 Å². The molecule has 78 valence electrons. The Kier molecular flexibility index (Phi) is 4.94. The van der Waals surface area contributed by atoms with Crippen LogP contribution in [0.1, 0.15) is 6.92 Å². The molecule has 0 aromatic heterocycles. The SMILES string of the molecule is C=C/C(F)=C(\C(=C)F)C(OC)C(C)=O. The van der Waals surface area contributed by atoms with Crippen molar-refractivity contribution in [3.8, 4) is 0 Å². The van der Waals surface area contributed by atoms with Gasteiger partial charge in [0.25, 0.3) is 0 Å².